The summed E-state index contributed by atoms with van der Waals surface area (Å²) in [6.07, 6.45) is -8.25. The third-order valence-corrected chi connectivity index (χ3v) is 20.5. The maximum absolute atomic E-state index is 14.4. The molecule has 622 valence electrons. The van der Waals surface area contributed by atoms with Crippen LogP contribution in [0, 0.1) is 11.3 Å². The molecule has 114 heavy (non-hydrogen) atoms. The molecule has 0 bridgehead atoms. The second-order valence-electron chi connectivity index (χ2n) is 32.0. The van der Waals surface area contributed by atoms with Gasteiger partial charge in [0.1, 0.15) is 48.4 Å². The Bertz CT molecular complexity index is 4260. The van der Waals surface area contributed by atoms with Gasteiger partial charge in [-0.2, -0.15) is 0 Å². The number of carbonyl (C=O) groups excluding carboxylic acids is 8. The number of nitrogens with zero attached hydrogens (tertiary/aromatic N) is 5. The Morgan fingerprint density at radius 2 is 1.40 bits per heavy atom. The molecule has 0 saturated carbocycles. The van der Waals surface area contributed by atoms with E-state index in [2.05, 4.69) is 47.5 Å². The molecule has 2 aliphatic heterocycles. The van der Waals surface area contributed by atoms with Crippen LogP contribution in [0.5, 0.6) is 5.75 Å². The van der Waals surface area contributed by atoms with E-state index in [1.165, 1.54) is 36.1 Å². The van der Waals surface area contributed by atoms with Gasteiger partial charge in [-0.15, -0.1) is 5.10 Å². The predicted molar refractivity (Wildman–Crippen MR) is 423 cm³/mol. The zero-order valence-corrected chi connectivity index (χ0v) is 68.0. The van der Waals surface area contributed by atoms with Crippen molar-refractivity contribution in [1.29, 1.82) is 0 Å². The summed E-state index contributed by atoms with van der Waals surface area (Å²) in [6, 6.07) is 22.2. The highest BCUT2D eigenvalue weighted by Crippen LogP contribution is 2.41. The molecule has 9 atom stereocenters. The zero-order valence-electron chi connectivity index (χ0n) is 68.0. The number of aliphatic carboxylic acids is 2. The lowest BCUT2D eigenvalue weighted by molar-refractivity contribution is -0.271. The Labute approximate surface area is 665 Å². The van der Waals surface area contributed by atoms with Crippen LogP contribution in [0.2, 0.25) is 0 Å². The van der Waals surface area contributed by atoms with E-state index in [1.54, 1.807) is 55.1 Å². The zero-order chi connectivity index (χ0) is 84.3. The molecule has 3 heterocycles. The van der Waals surface area contributed by atoms with Gasteiger partial charge >= 0.3 is 18.0 Å². The summed E-state index contributed by atoms with van der Waals surface area (Å²) in [7, 11) is 6.61. The third-order valence-electron chi connectivity index (χ3n) is 20.5. The van der Waals surface area contributed by atoms with Crippen LogP contribution in [0.1, 0.15) is 157 Å². The molecule has 5 aromatic rings. The monoisotopic (exact) mass is 1590 g/mol. The first-order chi connectivity index (χ1) is 53.6. The number of carboxylic acids is 2. The topological polar surface area (TPSA) is 439 Å². The number of aliphatic hydroxyl groups is 3. The second-order valence-corrected chi connectivity index (χ2v) is 32.0. The van der Waals surface area contributed by atoms with Gasteiger partial charge in [0.05, 0.1) is 47.8 Å². The molecule has 0 spiro atoms. The summed E-state index contributed by atoms with van der Waals surface area (Å²) in [5, 5.41) is 79.8. The van der Waals surface area contributed by atoms with Crippen molar-refractivity contribution in [3.05, 3.63) is 125 Å². The number of ether oxygens (including phenoxy) is 5. The van der Waals surface area contributed by atoms with E-state index in [4.69, 9.17) is 23.7 Å². The number of hydrogen-bond acceptors (Lipinski definition) is 21. The summed E-state index contributed by atoms with van der Waals surface area (Å²) in [5.74, 6) is -6.55. The SMILES string of the molecule is CNC(C(=O)NC(C(=O)N(C)C(/C=C(\C)C(=O)O)C(C)C)C(C)(C)C)C(C)(C)c1cccc(NC(=O)OCc2ccc(OC3OC(C(=O)O)C(O)C(O)C3O)c(CNC(=O)CCNC(=O)C(CNC(=O)CCC(C)(C)OCCC(C)(C)OC)NC(=O)CCCCC(=O)N3Cc4ccccc4-c4c(nnn4C)-c4ccccc43)c2)c1. The first kappa shape index (κ1) is 91.0. The van der Waals surface area contributed by atoms with E-state index >= 15 is 0 Å². The average molecular weight is 1590 g/mol. The molecule has 32 heteroatoms. The van der Waals surface area contributed by atoms with Crippen molar-refractivity contribution >= 4 is 70.8 Å². The largest absolute Gasteiger partial charge is 0.479 e. The minimum Gasteiger partial charge on any atom is -0.479 e. The summed E-state index contributed by atoms with van der Waals surface area (Å²) in [6.45, 7) is 21.1. The predicted octanol–water partition coefficient (Wildman–Crippen LogP) is 6.30. The number of carbonyl (C=O) groups is 10. The van der Waals surface area contributed by atoms with Gasteiger partial charge in [-0.1, -0.05) is 120 Å². The molecule has 2 aliphatic rings. The summed E-state index contributed by atoms with van der Waals surface area (Å²) in [4.78, 5) is 139. The van der Waals surface area contributed by atoms with Crippen molar-refractivity contribution in [2.45, 2.75) is 226 Å². The fourth-order valence-corrected chi connectivity index (χ4v) is 13.3. The Morgan fingerprint density at radius 1 is 0.728 bits per heavy atom. The van der Waals surface area contributed by atoms with E-state index in [0.29, 0.717) is 48.4 Å². The number of para-hydroxylation sites is 1. The Morgan fingerprint density at radius 3 is 2.07 bits per heavy atom. The van der Waals surface area contributed by atoms with Crippen molar-refractivity contribution in [1.82, 2.24) is 51.8 Å². The number of carboxylic acid groups (broad SMARTS) is 2. The fraction of sp³-hybridized carbons (Fsp3) is 0.537. The Hall–Kier alpha value is -10.2. The summed E-state index contributed by atoms with van der Waals surface area (Å²) >= 11 is 0. The number of hydrogen-bond donors (Lipinski definition) is 12. The maximum Gasteiger partial charge on any atom is 0.411 e. The van der Waals surface area contributed by atoms with E-state index in [-0.39, 0.29) is 92.7 Å². The minimum atomic E-state index is -2.04. The molecule has 9 unspecified atom stereocenters. The van der Waals surface area contributed by atoms with E-state index in [9.17, 15) is 73.5 Å². The minimum absolute atomic E-state index is 0.00808. The van der Waals surface area contributed by atoms with Crippen molar-refractivity contribution in [2.24, 2.45) is 18.4 Å². The van der Waals surface area contributed by atoms with Gasteiger partial charge in [0.2, 0.25) is 47.6 Å². The highest BCUT2D eigenvalue weighted by atomic mass is 16.7. The van der Waals surface area contributed by atoms with Crippen LogP contribution in [0.15, 0.2) is 103 Å². The third kappa shape index (κ3) is 24.7. The maximum atomic E-state index is 14.4. The van der Waals surface area contributed by atoms with Crippen LogP contribution in [0.3, 0.4) is 0 Å². The molecular weight excluding hydrogens is 1470 g/mol. The van der Waals surface area contributed by atoms with Crippen LogP contribution in [-0.4, -0.2) is 212 Å². The number of anilines is 2. The lowest BCUT2D eigenvalue weighted by atomic mass is 9.76. The standard InChI is InChI=1S/C82H114N12O20/c1-47(2)58(40-48(3)75(105)106)92(14)74(104)71(79(4,5)6)89-73(103)70(83-13)82(11,12)52-25-23-26-53(42-52)87-78(109)111-46-49-32-33-59(113-77-68(101)66(99)67(100)69(114-77)76(107)108)51(41-49)43-85-61(96)35-38-84-72(102)56(44-86-60(95)34-36-81(9,10)112-39-37-80(7,8)110-16)88-62(97)30-21-22-31-63(98)94-45-50-24-17-18-27-54(50)65-64(90-91-93(65)15)55-28-19-20-29-57(55)94/h17-20,23-29,32-33,40-42,47,56,58,66-71,77,83,99-101H,21-22,30-31,34-39,43-46H2,1-16H3,(H,84,102)(H,85,96)(H,86,95)(H,87,109)(H,88,97)(H,89,103)(H,105,106)(H,107,108)/b48-40+. The number of rotatable bonds is 38. The average Bonchev–Trinajstić information content (AvgIpc) is 1.51. The summed E-state index contributed by atoms with van der Waals surface area (Å²) in [5.41, 5.74) is 3.08. The lowest BCUT2D eigenvalue weighted by Crippen LogP contribution is -2.61. The number of nitrogens with one attached hydrogen (secondary N) is 7. The highest BCUT2D eigenvalue weighted by molar-refractivity contribution is 6.00. The van der Waals surface area contributed by atoms with Crippen molar-refractivity contribution in [3.63, 3.8) is 0 Å². The molecule has 8 amide bonds. The van der Waals surface area contributed by atoms with Gasteiger partial charge in [-0.3, -0.25) is 38.9 Å². The molecule has 7 rings (SSSR count). The van der Waals surface area contributed by atoms with E-state index in [0.717, 1.165) is 22.4 Å². The molecular formula is C82H114N12O20. The number of unbranched alkanes of at least 4 members (excludes halogenated alkanes) is 1. The quantitative estimate of drug-likeness (QED) is 0.0152. The van der Waals surface area contributed by atoms with Crippen molar-refractivity contribution in [2.75, 3.05) is 51.1 Å². The Balaban J connectivity index is 1.01. The van der Waals surface area contributed by atoms with Gasteiger partial charge in [-0.05, 0) is 126 Å². The van der Waals surface area contributed by atoms with Crippen LogP contribution in [0.25, 0.3) is 22.5 Å². The first-order valence-corrected chi connectivity index (χ1v) is 38.2. The van der Waals surface area contributed by atoms with Gasteiger partial charge in [0.25, 0.3) is 0 Å². The number of benzene rings is 4. The Kier molecular flexibility index (Phi) is 32.1. The van der Waals surface area contributed by atoms with Gasteiger partial charge in [0, 0.05) is 99.9 Å². The molecule has 1 saturated heterocycles. The first-order valence-electron chi connectivity index (χ1n) is 38.2. The number of amides is 8. The van der Waals surface area contributed by atoms with Gasteiger partial charge < -0.3 is 90.9 Å². The van der Waals surface area contributed by atoms with Crippen LogP contribution < -0.4 is 46.9 Å². The molecule has 1 fully saturated rings. The highest BCUT2D eigenvalue weighted by Gasteiger charge is 2.49. The summed E-state index contributed by atoms with van der Waals surface area (Å²) < 4.78 is 30.3. The molecule has 0 aliphatic carbocycles. The van der Waals surface area contributed by atoms with E-state index < -0.39 is 137 Å². The van der Waals surface area contributed by atoms with Crippen LogP contribution in [-0.2, 0) is 94.3 Å². The van der Waals surface area contributed by atoms with E-state index in [1.807, 2.05) is 132 Å². The number of methoxy groups -OCH3 is 1. The normalized spacial score (nSPS) is 17.5. The van der Waals surface area contributed by atoms with Gasteiger partial charge in [0.15, 0.2) is 6.10 Å². The van der Waals surface area contributed by atoms with Gasteiger partial charge in [-0.25, -0.2) is 19.1 Å². The lowest BCUT2D eigenvalue weighted by Gasteiger charge is -2.40. The number of aliphatic hydroxyl groups excluding tert-OH is 3. The van der Waals surface area contributed by atoms with Crippen molar-refractivity contribution < 1.29 is 97.2 Å². The molecule has 12 N–H and O–H groups in total. The molecule has 0 radical (unpaired) electrons. The van der Waals surface area contributed by atoms with Crippen LogP contribution >= 0.6 is 0 Å². The number of aryl methyl sites for hydroxylation is 1. The molecule has 4 aromatic carbocycles. The number of likely N-dealkylation sites (N-methyl/N-ethyl adjacent to an activating group) is 2. The smallest absolute Gasteiger partial charge is 0.411 e. The molecule has 32 nitrogen and oxygen atoms in total. The van der Waals surface area contributed by atoms with Crippen LogP contribution in [0.4, 0.5) is 16.2 Å². The molecule has 1 aromatic heterocycles. The van der Waals surface area contributed by atoms with Crippen molar-refractivity contribution in [3.8, 4) is 28.3 Å². The number of aromatic nitrogens is 3. The second kappa shape index (κ2) is 40.2. The fourth-order valence-electron chi connectivity index (χ4n) is 13.3. The number of fused-ring (bicyclic) bond motifs is 5.